The molecule has 0 saturated carbocycles. The van der Waals surface area contributed by atoms with Crippen molar-refractivity contribution < 1.29 is 14.0 Å². The lowest BCUT2D eigenvalue weighted by atomic mass is 10.1. The summed E-state index contributed by atoms with van der Waals surface area (Å²) in [4.78, 5) is 24.8. The molecule has 0 aliphatic rings. The van der Waals surface area contributed by atoms with Crippen molar-refractivity contribution in [2.24, 2.45) is 0 Å². The third-order valence-corrected chi connectivity index (χ3v) is 4.30. The normalized spacial score (nSPS) is 10.3. The Bertz CT molecular complexity index is 1060. The molecular formula is C20H18N4O3. The molecule has 7 nitrogen and oxygen atoms in total. The predicted molar refractivity (Wildman–Crippen MR) is 100 cm³/mol. The van der Waals surface area contributed by atoms with Crippen LogP contribution in [0.15, 0.2) is 47.1 Å². The van der Waals surface area contributed by atoms with E-state index in [9.17, 15) is 14.9 Å². The minimum absolute atomic E-state index is 0.154. The summed E-state index contributed by atoms with van der Waals surface area (Å²) in [6.45, 7) is 3.38. The second-order valence-corrected chi connectivity index (χ2v) is 5.93. The predicted octanol–water partition coefficient (Wildman–Crippen LogP) is 3.17. The molecule has 0 fully saturated rings. The number of rotatable bonds is 4. The molecule has 1 aromatic carbocycles. The van der Waals surface area contributed by atoms with E-state index < -0.39 is 5.91 Å². The van der Waals surface area contributed by atoms with Gasteiger partial charge in [0.2, 0.25) is 5.88 Å². The van der Waals surface area contributed by atoms with Gasteiger partial charge in [-0.15, -0.1) is 0 Å². The van der Waals surface area contributed by atoms with Gasteiger partial charge in [0.15, 0.2) is 0 Å². The van der Waals surface area contributed by atoms with Gasteiger partial charge in [-0.1, -0.05) is 6.07 Å². The highest BCUT2D eigenvalue weighted by molar-refractivity contribution is 6.08. The Hall–Kier alpha value is -3.79. The van der Waals surface area contributed by atoms with Crippen LogP contribution in [0, 0.1) is 25.2 Å². The summed E-state index contributed by atoms with van der Waals surface area (Å²) in [5.41, 5.74) is 1.92. The lowest BCUT2D eigenvalue weighted by molar-refractivity contribution is 0.0960. The molecule has 0 saturated heterocycles. The van der Waals surface area contributed by atoms with Crippen LogP contribution in [0.2, 0.25) is 0 Å². The third kappa shape index (κ3) is 3.20. The first-order chi connectivity index (χ1) is 13.0. The maximum atomic E-state index is 12.9. The van der Waals surface area contributed by atoms with Crippen LogP contribution in [0.5, 0.6) is 0 Å². The van der Waals surface area contributed by atoms with Crippen LogP contribution in [0.1, 0.15) is 37.6 Å². The van der Waals surface area contributed by atoms with Gasteiger partial charge in [0.1, 0.15) is 23.0 Å². The van der Waals surface area contributed by atoms with E-state index >= 15 is 0 Å². The van der Waals surface area contributed by atoms with Gasteiger partial charge < -0.3 is 15.1 Å². The van der Waals surface area contributed by atoms with Gasteiger partial charge in [-0.25, -0.2) is 0 Å². The maximum absolute atomic E-state index is 12.9. The summed E-state index contributed by atoms with van der Waals surface area (Å²) < 4.78 is 7.30. The fraction of sp³-hybridized carbons (Fsp3) is 0.150. The largest absolute Gasteiger partial charge is 0.443 e. The summed E-state index contributed by atoms with van der Waals surface area (Å²) in [6, 6.07) is 10.7. The highest BCUT2D eigenvalue weighted by Gasteiger charge is 2.25. The quantitative estimate of drug-likeness (QED) is 0.744. The fourth-order valence-corrected chi connectivity index (χ4v) is 2.90. The molecule has 136 valence electrons. The topological polar surface area (TPSA) is 100 Å². The van der Waals surface area contributed by atoms with Gasteiger partial charge in [0, 0.05) is 30.7 Å². The molecule has 0 bridgehead atoms. The van der Waals surface area contributed by atoms with Crippen molar-refractivity contribution in [3.8, 4) is 12.0 Å². The van der Waals surface area contributed by atoms with Crippen molar-refractivity contribution in [2.45, 2.75) is 13.8 Å². The molecule has 0 atom stereocenters. The van der Waals surface area contributed by atoms with Crippen molar-refractivity contribution in [2.75, 3.05) is 12.4 Å². The van der Waals surface area contributed by atoms with Crippen molar-refractivity contribution in [1.82, 2.24) is 9.88 Å². The number of hydrogen-bond donors (Lipinski definition) is 2. The van der Waals surface area contributed by atoms with Crippen molar-refractivity contribution in [3.05, 3.63) is 70.7 Å². The van der Waals surface area contributed by atoms with Gasteiger partial charge in [-0.2, -0.15) is 5.26 Å². The van der Waals surface area contributed by atoms with Crippen LogP contribution in [0.25, 0.3) is 5.88 Å². The summed E-state index contributed by atoms with van der Waals surface area (Å²) >= 11 is 0. The molecule has 7 heteroatoms. The molecule has 0 spiro atoms. The van der Waals surface area contributed by atoms with Gasteiger partial charge >= 0.3 is 0 Å². The van der Waals surface area contributed by atoms with E-state index in [2.05, 4.69) is 16.7 Å². The molecule has 0 radical (unpaired) electrons. The lowest BCUT2D eigenvalue weighted by Crippen LogP contribution is -2.20. The second-order valence-electron chi connectivity index (χ2n) is 5.93. The smallest absolute Gasteiger partial charge is 0.260 e. The van der Waals surface area contributed by atoms with Crippen LogP contribution >= 0.6 is 0 Å². The number of amides is 2. The molecule has 2 amide bonds. The monoisotopic (exact) mass is 362 g/mol. The van der Waals surface area contributed by atoms with E-state index in [4.69, 9.17) is 4.42 Å². The number of carbonyl (C=O) groups is 2. The van der Waals surface area contributed by atoms with E-state index in [1.54, 1.807) is 68.2 Å². The fourth-order valence-electron chi connectivity index (χ4n) is 2.90. The average Bonchev–Trinajstić information content (AvgIpc) is 3.29. The second kappa shape index (κ2) is 7.22. The van der Waals surface area contributed by atoms with Crippen LogP contribution in [-0.2, 0) is 0 Å². The number of carbonyl (C=O) groups excluding carboxylic acids is 2. The molecule has 3 rings (SSSR count). The molecule has 0 unspecified atom stereocenters. The zero-order valence-corrected chi connectivity index (χ0v) is 15.2. The Kier molecular flexibility index (Phi) is 4.81. The van der Waals surface area contributed by atoms with E-state index in [1.165, 1.54) is 0 Å². The van der Waals surface area contributed by atoms with Crippen LogP contribution in [0.3, 0.4) is 0 Å². The molecular weight excluding hydrogens is 344 g/mol. The van der Waals surface area contributed by atoms with Crippen LogP contribution < -0.4 is 10.6 Å². The minimum Gasteiger partial charge on any atom is -0.443 e. The Morgan fingerprint density at radius 3 is 2.44 bits per heavy atom. The summed E-state index contributed by atoms with van der Waals surface area (Å²) in [7, 11) is 1.55. The lowest BCUT2D eigenvalue weighted by Gasteiger charge is -2.11. The van der Waals surface area contributed by atoms with Gasteiger partial charge in [-0.05, 0) is 43.7 Å². The molecule has 0 aliphatic carbocycles. The average molecular weight is 362 g/mol. The number of benzene rings is 1. The Labute approximate surface area is 156 Å². The Morgan fingerprint density at radius 2 is 1.81 bits per heavy atom. The molecule has 0 aliphatic heterocycles. The van der Waals surface area contributed by atoms with E-state index in [-0.39, 0.29) is 17.0 Å². The zero-order valence-electron chi connectivity index (χ0n) is 15.2. The Morgan fingerprint density at radius 1 is 1.11 bits per heavy atom. The number of aryl methyl sites for hydroxylation is 1. The van der Waals surface area contributed by atoms with Crippen molar-refractivity contribution in [1.29, 1.82) is 5.26 Å². The molecule has 3 aromatic rings. The van der Waals surface area contributed by atoms with Crippen molar-refractivity contribution in [3.63, 3.8) is 0 Å². The highest BCUT2D eigenvalue weighted by Crippen LogP contribution is 2.27. The number of anilines is 1. The van der Waals surface area contributed by atoms with Crippen molar-refractivity contribution >= 4 is 17.5 Å². The number of nitriles is 1. The minimum atomic E-state index is -0.469. The van der Waals surface area contributed by atoms with Gasteiger partial charge in [-0.3, -0.25) is 14.2 Å². The number of nitrogens with zero attached hydrogens (tertiary/aromatic N) is 2. The number of furan rings is 1. The number of aromatic nitrogens is 1. The van der Waals surface area contributed by atoms with E-state index in [0.717, 1.165) is 0 Å². The standard InChI is InChI=1S/C20H18N4O3/c1-12-14(18(25)22-3)7-6-8-16(12)23-19(26)17-13(2)27-20(15(17)11-21)24-9-4-5-10-24/h4-10H,1-3H3,(H,22,25)(H,23,26). The zero-order chi connectivity index (χ0) is 19.6. The summed E-state index contributed by atoms with van der Waals surface area (Å²) in [6.07, 6.45) is 3.47. The SMILES string of the molecule is CNC(=O)c1cccc(NC(=O)c2c(C)oc(-n3cccc3)c2C#N)c1C. The molecule has 2 aromatic heterocycles. The molecule has 2 heterocycles. The Balaban J connectivity index is 1.99. The first-order valence-corrected chi connectivity index (χ1v) is 8.27. The molecule has 2 N–H and O–H groups in total. The van der Waals surface area contributed by atoms with Crippen LogP contribution in [-0.4, -0.2) is 23.4 Å². The van der Waals surface area contributed by atoms with E-state index in [0.29, 0.717) is 28.5 Å². The van der Waals surface area contributed by atoms with Gasteiger partial charge in [0.05, 0.1) is 0 Å². The van der Waals surface area contributed by atoms with Crippen LogP contribution in [0.4, 0.5) is 5.69 Å². The first kappa shape index (κ1) is 18.0. The van der Waals surface area contributed by atoms with Gasteiger partial charge in [0.25, 0.3) is 11.8 Å². The number of hydrogen-bond acceptors (Lipinski definition) is 4. The highest BCUT2D eigenvalue weighted by atomic mass is 16.4. The number of nitrogens with one attached hydrogen (secondary N) is 2. The summed E-state index contributed by atoms with van der Waals surface area (Å²) in [5, 5.41) is 14.9. The third-order valence-electron chi connectivity index (χ3n) is 4.30. The summed E-state index contributed by atoms with van der Waals surface area (Å²) in [5.74, 6) is -0.0760. The maximum Gasteiger partial charge on any atom is 0.260 e. The van der Waals surface area contributed by atoms with E-state index in [1.807, 2.05) is 0 Å². The molecule has 27 heavy (non-hydrogen) atoms. The first-order valence-electron chi connectivity index (χ1n) is 8.27.